The Morgan fingerprint density at radius 2 is 1.63 bits per heavy atom. The number of carbonyl (C=O) groups excluding carboxylic acids is 2. The standard InChI is InChI=1S/C29H29F5N4O5.C3H8O.C2H6/c1-27(2,3)43-26(41)37-10-8-28(9-11-37)13-16(14-28)38-15-35-20-6-4-17(12-18(20)24(38)39)42-23-19(30)5-7-21(22(23)31)36-25(40)29(32,33)34;1-3(2)4;1-2/h4-7,12,15-16H,8-11,13-14H2,1-3H3,(H,36,40);3-4H,1-2H3;1-2H3. The molecular formula is C34H43F5N4O6. The van der Waals surface area contributed by atoms with Crippen LogP contribution in [-0.2, 0) is 9.53 Å². The van der Waals surface area contributed by atoms with Crippen molar-refractivity contribution in [3.05, 3.63) is 58.6 Å². The lowest BCUT2D eigenvalue weighted by Gasteiger charge is -2.52. The fourth-order valence-electron chi connectivity index (χ4n) is 5.51. The van der Waals surface area contributed by atoms with Crippen molar-refractivity contribution in [1.82, 2.24) is 14.5 Å². The molecule has 0 bridgehead atoms. The number of aromatic nitrogens is 2. The molecule has 270 valence electrons. The van der Waals surface area contributed by atoms with Crippen molar-refractivity contribution in [3.8, 4) is 11.5 Å². The number of nitrogens with one attached hydrogen (secondary N) is 1. The first-order valence-corrected chi connectivity index (χ1v) is 16.0. The van der Waals surface area contributed by atoms with E-state index in [-0.39, 0.29) is 34.8 Å². The minimum atomic E-state index is -5.29. The normalized spacial score (nSPS) is 15.8. The van der Waals surface area contributed by atoms with E-state index in [0.29, 0.717) is 43.6 Å². The van der Waals surface area contributed by atoms with E-state index in [4.69, 9.17) is 14.6 Å². The number of fused-ring (bicyclic) bond motifs is 1. The number of carbonyl (C=O) groups is 2. The molecule has 3 aromatic rings. The van der Waals surface area contributed by atoms with Gasteiger partial charge in [0.15, 0.2) is 11.6 Å². The van der Waals surface area contributed by atoms with Crippen LogP contribution in [0.25, 0.3) is 10.9 Å². The molecule has 0 atom stereocenters. The van der Waals surface area contributed by atoms with Crippen LogP contribution in [0.5, 0.6) is 11.5 Å². The molecule has 49 heavy (non-hydrogen) atoms. The largest absolute Gasteiger partial charge is 0.471 e. The molecule has 2 N–H and O–H groups in total. The Bertz CT molecular complexity index is 1680. The van der Waals surface area contributed by atoms with Gasteiger partial charge in [0.25, 0.3) is 5.56 Å². The van der Waals surface area contributed by atoms with Gasteiger partial charge in [-0.05, 0) is 96.0 Å². The van der Waals surface area contributed by atoms with Crippen molar-refractivity contribution < 1.29 is 46.1 Å². The maximum absolute atomic E-state index is 14.8. The summed E-state index contributed by atoms with van der Waals surface area (Å²) in [6, 6.07) is 5.10. The minimum Gasteiger partial charge on any atom is -0.451 e. The molecule has 2 aliphatic rings. The van der Waals surface area contributed by atoms with Gasteiger partial charge in [-0.15, -0.1) is 0 Å². The summed E-state index contributed by atoms with van der Waals surface area (Å²) in [5, 5.41) is 9.51. The van der Waals surface area contributed by atoms with Crippen LogP contribution in [0.4, 0.5) is 32.4 Å². The number of nitrogens with zero attached hydrogens (tertiary/aromatic N) is 3. The van der Waals surface area contributed by atoms with Crippen LogP contribution >= 0.6 is 0 Å². The second-order valence-corrected chi connectivity index (χ2v) is 13.1. The number of aliphatic hydroxyl groups excluding tert-OH is 1. The molecule has 2 fully saturated rings. The number of ether oxygens (including phenoxy) is 2. The zero-order valence-corrected chi connectivity index (χ0v) is 28.6. The highest BCUT2D eigenvalue weighted by molar-refractivity contribution is 5.95. The van der Waals surface area contributed by atoms with E-state index >= 15 is 0 Å². The molecule has 2 amide bonds. The first kappa shape index (κ1) is 39.2. The number of rotatable bonds is 4. The van der Waals surface area contributed by atoms with E-state index in [1.807, 2.05) is 34.6 Å². The Hall–Kier alpha value is -4.27. The molecule has 2 heterocycles. The van der Waals surface area contributed by atoms with Crippen LogP contribution in [0.15, 0.2) is 41.5 Å². The molecule has 0 radical (unpaired) electrons. The summed E-state index contributed by atoms with van der Waals surface area (Å²) in [4.78, 5) is 43.1. The second-order valence-electron chi connectivity index (χ2n) is 13.1. The van der Waals surface area contributed by atoms with Crippen LogP contribution in [0.2, 0.25) is 0 Å². The van der Waals surface area contributed by atoms with Crippen molar-refractivity contribution in [3.63, 3.8) is 0 Å². The van der Waals surface area contributed by atoms with Crippen molar-refractivity contribution in [2.75, 3.05) is 18.4 Å². The van der Waals surface area contributed by atoms with Crippen LogP contribution < -0.4 is 15.6 Å². The molecule has 5 rings (SSSR count). The van der Waals surface area contributed by atoms with Gasteiger partial charge in [0, 0.05) is 25.2 Å². The lowest BCUT2D eigenvalue weighted by atomic mass is 9.60. The maximum atomic E-state index is 14.8. The van der Waals surface area contributed by atoms with E-state index < -0.39 is 46.3 Å². The van der Waals surface area contributed by atoms with E-state index in [1.165, 1.54) is 34.4 Å². The smallest absolute Gasteiger partial charge is 0.451 e. The lowest BCUT2D eigenvalue weighted by Crippen LogP contribution is -2.51. The summed E-state index contributed by atoms with van der Waals surface area (Å²) in [5.74, 6) is -6.45. The highest BCUT2D eigenvalue weighted by Crippen LogP contribution is 2.54. The first-order valence-electron chi connectivity index (χ1n) is 16.0. The number of amides is 2. The first-order chi connectivity index (χ1) is 22.8. The van der Waals surface area contributed by atoms with Gasteiger partial charge in [-0.1, -0.05) is 13.8 Å². The van der Waals surface area contributed by atoms with Crippen molar-refractivity contribution >= 4 is 28.6 Å². The lowest BCUT2D eigenvalue weighted by molar-refractivity contribution is -0.167. The molecule has 1 aliphatic carbocycles. The molecular weight excluding hydrogens is 655 g/mol. The van der Waals surface area contributed by atoms with E-state index in [0.717, 1.165) is 12.8 Å². The summed E-state index contributed by atoms with van der Waals surface area (Å²) in [5.41, 5.74) is -1.61. The predicted octanol–water partition coefficient (Wildman–Crippen LogP) is 7.73. The number of hydrogen-bond acceptors (Lipinski definition) is 7. The zero-order valence-electron chi connectivity index (χ0n) is 28.6. The van der Waals surface area contributed by atoms with Crippen molar-refractivity contribution in [1.29, 1.82) is 0 Å². The third kappa shape index (κ3) is 9.89. The third-order valence-corrected chi connectivity index (χ3v) is 7.74. The average molecular weight is 699 g/mol. The highest BCUT2D eigenvalue weighted by Gasteiger charge is 2.48. The van der Waals surface area contributed by atoms with Crippen LogP contribution in [0.1, 0.15) is 80.2 Å². The molecule has 1 aromatic heterocycles. The number of piperidine rings is 1. The monoisotopic (exact) mass is 698 g/mol. The Kier molecular flexibility index (Phi) is 12.4. The molecule has 1 saturated carbocycles. The topological polar surface area (TPSA) is 123 Å². The summed E-state index contributed by atoms with van der Waals surface area (Å²) in [6.45, 7) is 14.0. The number of anilines is 1. The molecule has 0 unspecified atom stereocenters. The Balaban J connectivity index is 0.00000101. The predicted molar refractivity (Wildman–Crippen MR) is 174 cm³/mol. The number of halogens is 5. The van der Waals surface area contributed by atoms with E-state index in [1.54, 1.807) is 18.7 Å². The second kappa shape index (κ2) is 15.5. The van der Waals surface area contributed by atoms with Gasteiger partial charge < -0.3 is 24.8 Å². The van der Waals surface area contributed by atoms with Crippen LogP contribution in [0.3, 0.4) is 0 Å². The number of hydrogen-bond donors (Lipinski definition) is 2. The molecule has 1 spiro atoms. The summed E-state index contributed by atoms with van der Waals surface area (Å²) >= 11 is 0. The Morgan fingerprint density at radius 3 is 2.18 bits per heavy atom. The summed E-state index contributed by atoms with van der Waals surface area (Å²) in [7, 11) is 0. The molecule has 15 heteroatoms. The maximum Gasteiger partial charge on any atom is 0.471 e. The van der Waals surface area contributed by atoms with Gasteiger partial charge >= 0.3 is 18.2 Å². The SMILES string of the molecule is CC.CC(C)(C)OC(=O)N1CCC2(CC1)CC(n1cnc3ccc(Oc4c(F)ccc(NC(=O)C(F)(F)F)c4F)cc3c1=O)C2.CC(C)O. The Labute approximate surface area is 281 Å². The third-order valence-electron chi connectivity index (χ3n) is 7.74. The van der Waals surface area contributed by atoms with Gasteiger partial charge in [-0.25, -0.2) is 18.6 Å². The quantitative estimate of drug-likeness (QED) is 0.268. The summed E-state index contributed by atoms with van der Waals surface area (Å²) < 4.78 is 79.3. The van der Waals surface area contributed by atoms with Gasteiger partial charge in [-0.3, -0.25) is 14.2 Å². The van der Waals surface area contributed by atoms with Crippen LogP contribution in [-0.4, -0.2) is 62.5 Å². The van der Waals surface area contributed by atoms with E-state index in [9.17, 15) is 36.3 Å². The van der Waals surface area contributed by atoms with Gasteiger partial charge in [0.1, 0.15) is 11.4 Å². The fourth-order valence-corrected chi connectivity index (χ4v) is 5.51. The number of benzene rings is 2. The van der Waals surface area contributed by atoms with Gasteiger partial charge in [0.05, 0.1) is 22.9 Å². The van der Waals surface area contributed by atoms with Crippen molar-refractivity contribution in [2.45, 2.75) is 98.1 Å². The number of alkyl halides is 3. The number of aliphatic hydroxyl groups is 1. The van der Waals surface area contributed by atoms with Crippen molar-refractivity contribution in [2.24, 2.45) is 5.41 Å². The van der Waals surface area contributed by atoms with E-state index in [2.05, 4.69) is 4.98 Å². The minimum absolute atomic E-state index is 0.00978. The fraction of sp³-hybridized carbons (Fsp3) is 0.529. The zero-order chi connectivity index (χ0) is 36.9. The van der Waals surface area contributed by atoms with Crippen LogP contribution in [0, 0.1) is 17.0 Å². The van der Waals surface area contributed by atoms with Gasteiger partial charge in [0.2, 0.25) is 5.75 Å². The highest BCUT2D eigenvalue weighted by atomic mass is 19.4. The average Bonchev–Trinajstić information content (AvgIpc) is 2.99. The summed E-state index contributed by atoms with van der Waals surface area (Å²) in [6.07, 6.45) is -1.37. The van der Waals surface area contributed by atoms with Gasteiger partial charge in [-0.2, -0.15) is 13.2 Å². The Morgan fingerprint density at radius 1 is 1.04 bits per heavy atom. The number of likely N-dealkylation sites (tertiary alicyclic amines) is 1. The molecule has 1 aliphatic heterocycles. The molecule has 1 saturated heterocycles. The molecule has 10 nitrogen and oxygen atoms in total. The molecule has 2 aromatic carbocycles.